The van der Waals surface area contributed by atoms with Gasteiger partial charge in [-0.15, -0.1) is 11.3 Å². The average molecular weight is 312 g/mol. The highest BCUT2D eigenvalue weighted by Crippen LogP contribution is 2.39. The van der Waals surface area contributed by atoms with Gasteiger partial charge in [-0.25, -0.2) is 0 Å². The Kier molecular flexibility index (Phi) is 4.07. The van der Waals surface area contributed by atoms with Gasteiger partial charge in [0.05, 0.1) is 6.10 Å². The minimum Gasteiger partial charge on any atom is -0.387 e. The highest BCUT2D eigenvalue weighted by atomic mass is 79.9. The summed E-state index contributed by atoms with van der Waals surface area (Å²) in [6.45, 7) is 1.50. The molecule has 0 spiro atoms. The summed E-state index contributed by atoms with van der Waals surface area (Å²) < 4.78 is 6.85. The first-order valence-electron chi connectivity index (χ1n) is 4.89. The maximum Gasteiger partial charge on any atom is 0.107 e. The van der Waals surface area contributed by atoms with Crippen molar-refractivity contribution in [2.45, 2.75) is 18.9 Å². The van der Waals surface area contributed by atoms with Crippen molar-refractivity contribution >= 4 is 38.9 Å². The van der Waals surface area contributed by atoms with E-state index in [-0.39, 0.29) is 0 Å². The Morgan fingerprint density at radius 1 is 1.53 bits per heavy atom. The molecule has 2 nitrogen and oxygen atoms in total. The molecule has 1 N–H and O–H groups in total. The van der Waals surface area contributed by atoms with Gasteiger partial charge in [-0.3, -0.25) is 0 Å². The van der Waals surface area contributed by atoms with Crippen molar-refractivity contribution in [3.63, 3.8) is 0 Å². The van der Waals surface area contributed by atoms with E-state index in [0.29, 0.717) is 10.3 Å². The molecular formula is C10H12BrClO2S. The Balaban J connectivity index is 2.08. The van der Waals surface area contributed by atoms with Gasteiger partial charge < -0.3 is 9.84 Å². The van der Waals surface area contributed by atoms with Crippen LogP contribution in [0.3, 0.4) is 0 Å². The van der Waals surface area contributed by atoms with Gasteiger partial charge >= 0.3 is 0 Å². The predicted octanol–water partition coefficient (Wildman–Crippen LogP) is 3.62. The fourth-order valence-electron chi connectivity index (χ4n) is 1.77. The fourth-order valence-corrected chi connectivity index (χ4v) is 3.59. The van der Waals surface area contributed by atoms with E-state index in [1.807, 2.05) is 6.07 Å². The van der Waals surface area contributed by atoms with Crippen molar-refractivity contribution in [3.8, 4) is 0 Å². The Morgan fingerprint density at radius 2 is 2.20 bits per heavy atom. The fraction of sp³-hybridized carbons (Fsp3) is 0.600. The van der Waals surface area contributed by atoms with Gasteiger partial charge in [-0.2, -0.15) is 0 Å². The number of halogens is 2. The molecule has 1 saturated heterocycles. The number of hydrogen-bond donors (Lipinski definition) is 1. The largest absolute Gasteiger partial charge is 0.387 e. The molecule has 2 heterocycles. The first kappa shape index (κ1) is 11.9. The van der Waals surface area contributed by atoms with Gasteiger partial charge in [-0.05, 0) is 40.8 Å². The van der Waals surface area contributed by atoms with Crippen LogP contribution in [0.4, 0.5) is 0 Å². The number of rotatable bonds is 2. The standard InChI is InChI=1S/C10H12BrClO2S/c11-7-5-8(15-10(7)12)9(13)6-1-3-14-4-2-6/h5-6,9,13H,1-4H2. The lowest BCUT2D eigenvalue weighted by molar-refractivity contribution is 0.00852. The lowest BCUT2D eigenvalue weighted by atomic mass is 9.93. The van der Waals surface area contributed by atoms with Crippen molar-refractivity contribution in [2.24, 2.45) is 5.92 Å². The van der Waals surface area contributed by atoms with Gasteiger partial charge in [0.1, 0.15) is 4.34 Å². The number of thiophene rings is 1. The van der Waals surface area contributed by atoms with Gasteiger partial charge in [0, 0.05) is 22.6 Å². The summed E-state index contributed by atoms with van der Waals surface area (Å²) in [5.74, 6) is 0.306. The van der Waals surface area contributed by atoms with E-state index < -0.39 is 6.10 Å². The summed E-state index contributed by atoms with van der Waals surface area (Å²) in [4.78, 5) is 0.943. The summed E-state index contributed by atoms with van der Waals surface area (Å²) in [5, 5.41) is 10.2. The number of hydrogen-bond acceptors (Lipinski definition) is 3. The second-order valence-corrected chi connectivity index (χ2v) is 6.21. The molecule has 1 fully saturated rings. The maximum absolute atomic E-state index is 10.2. The molecule has 1 aromatic heterocycles. The van der Waals surface area contributed by atoms with Gasteiger partial charge in [0.2, 0.25) is 0 Å². The predicted molar refractivity (Wildman–Crippen MR) is 65.5 cm³/mol. The van der Waals surface area contributed by atoms with Crippen LogP contribution < -0.4 is 0 Å². The molecule has 15 heavy (non-hydrogen) atoms. The van der Waals surface area contributed by atoms with Gasteiger partial charge in [0.15, 0.2) is 0 Å². The molecule has 0 saturated carbocycles. The van der Waals surface area contributed by atoms with Crippen molar-refractivity contribution in [3.05, 3.63) is 19.8 Å². The van der Waals surface area contributed by atoms with Crippen LogP contribution in [0.25, 0.3) is 0 Å². The molecule has 1 unspecified atom stereocenters. The van der Waals surface area contributed by atoms with E-state index >= 15 is 0 Å². The van der Waals surface area contributed by atoms with Gasteiger partial charge in [0.25, 0.3) is 0 Å². The Morgan fingerprint density at radius 3 is 2.73 bits per heavy atom. The molecule has 1 aliphatic rings. The highest BCUT2D eigenvalue weighted by Gasteiger charge is 2.25. The molecular weight excluding hydrogens is 300 g/mol. The zero-order chi connectivity index (χ0) is 10.8. The molecule has 0 aromatic carbocycles. The third-order valence-electron chi connectivity index (χ3n) is 2.67. The molecule has 1 aliphatic heterocycles. The normalized spacial score (nSPS) is 20.5. The third-order valence-corrected chi connectivity index (χ3v) is 5.21. The molecule has 2 rings (SSSR count). The minimum atomic E-state index is -0.400. The van der Waals surface area contributed by atoms with E-state index in [1.54, 1.807) is 0 Å². The molecule has 5 heteroatoms. The molecule has 0 aliphatic carbocycles. The van der Waals surface area contributed by atoms with E-state index in [1.165, 1.54) is 11.3 Å². The zero-order valence-corrected chi connectivity index (χ0v) is 11.2. The van der Waals surface area contributed by atoms with Crippen LogP contribution in [0, 0.1) is 5.92 Å². The van der Waals surface area contributed by atoms with E-state index in [4.69, 9.17) is 16.3 Å². The van der Waals surface area contributed by atoms with Crippen molar-refractivity contribution in [2.75, 3.05) is 13.2 Å². The Bertz CT molecular complexity index is 317. The van der Waals surface area contributed by atoms with Crippen LogP contribution in [0.2, 0.25) is 4.34 Å². The number of ether oxygens (including phenoxy) is 1. The van der Waals surface area contributed by atoms with Crippen molar-refractivity contribution < 1.29 is 9.84 Å². The van der Waals surface area contributed by atoms with Crippen molar-refractivity contribution in [1.82, 2.24) is 0 Å². The van der Waals surface area contributed by atoms with E-state index in [2.05, 4.69) is 15.9 Å². The first-order valence-corrected chi connectivity index (χ1v) is 6.88. The first-order chi connectivity index (χ1) is 7.18. The van der Waals surface area contributed by atoms with E-state index in [9.17, 15) is 5.11 Å². The van der Waals surface area contributed by atoms with Crippen LogP contribution in [0.15, 0.2) is 10.5 Å². The molecule has 0 radical (unpaired) electrons. The molecule has 0 amide bonds. The second kappa shape index (κ2) is 5.15. The lowest BCUT2D eigenvalue weighted by Crippen LogP contribution is -2.21. The monoisotopic (exact) mass is 310 g/mol. The Labute approximate surface area is 106 Å². The summed E-state index contributed by atoms with van der Waals surface area (Å²) in [6.07, 6.45) is 1.45. The summed E-state index contributed by atoms with van der Waals surface area (Å²) in [6, 6.07) is 1.91. The van der Waals surface area contributed by atoms with Crippen LogP contribution in [0.5, 0.6) is 0 Å². The number of aliphatic hydroxyl groups excluding tert-OH is 1. The lowest BCUT2D eigenvalue weighted by Gasteiger charge is -2.25. The molecule has 1 aromatic rings. The molecule has 84 valence electrons. The highest BCUT2D eigenvalue weighted by molar-refractivity contribution is 9.10. The SMILES string of the molecule is OC(c1cc(Br)c(Cl)s1)C1CCOCC1. The molecule has 0 bridgehead atoms. The maximum atomic E-state index is 10.2. The van der Waals surface area contributed by atoms with Crippen LogP contribution in [0.1, 0.15) is 23.8 Å². The zero-order valence-electron chi connectivity index (χ0n) is 8.08. The molecule has 1 atom stereocenters. The summed E-state index contributed by atoms with van der Waals surface area (Å²) in [7, 11) is 0. The van der Waals surface area contributed by atoms with Crippen molar-refractivity contribution in [1.29, 1.82) is 0 Å². The van der Waals surface area contributed by atoms with Crippen LogP contribution in [-0.4, -0.2) is 18.3 Å². The topological polar surface area (TPSA) is 29.5 Å². The Hall–Kier alpha value is 0.390. The quantitative estimate of drug-likeness (QED) is 0.904. The van der Waals surface area contributed by atoms with E-state index in [0.717, 1.165) is 35.4 Å². The summed E-state index contributed by atoms with van der Waals surface area (Å²) in [5.41, 5.74) is 0. The van der Waals surface area contributed by atoms with Crippen LogP contribution in [-0.2, 0) is 4.74 Å². The average Bonchev–Trinajstić information content (AvgIpc) is 2.59. The van der Waals surface area contributed by atoms with Gasteiger partial charge in [-0.1, -0.05) is 11.6 Å². The summed E-state index contributed by atoms with van der Waals surface area (Å²) >= 11 is 10.7. The minimum absolute atomic E-state index is 0.306. The number of aliphatic hydroxyl groups is 1. The second-order valence-electron chi connectivity index (χ2n) is 3.67. The smallest absolute Gasteiger partial charge is 0.107 e. The van der Waals surface area contributed by atoms with Crippen LogP contribution >= 0.6 is 38.9 Å². The third kappa shape index (κ3) is 2.74.